The van der Waals surface area contributed by atoms with Crippen molar-refractivity contribution in [2.45, 2.75) is 24.9 Å². The van der Waals surface area contributed by atoms with Gasteiger partial charge in [0.05, 0.1) is 0 Å². The Kier molecular flexibility index (Phi) is 2.91. The molecule has 0 amide bonds. The number of hydrogen-bond acceptors (Lipinski definition) is 2. The Bertz CT molecular complexity index is 317. The van der Waals surface area contributed by atoms with Gasteiger partial charge in [-0.25, -0.2) is 4.39 Å². The average Bonchev–Trinajstić information content (AvgIpc) is 2.22. The van der Waals surface area contributed by atoms with Crippen LogP contribution in [0.2, 0.25) is 0 Å². The molecule has 0 aromatic heterocycles. The standard InChI is InChI=1S/C12H16FNO/c13-12(5-7-14-8-6-12)9-10-1-3-11(15)4-2-10/h1-4,14-15H,5-9H2. The van der Waals surface area contributed by atoms with Crippen LogP contribution in [-0.2, 0) is 6.42 Å². The molecule has 0 spiro atoms. The van der Waals surface area contributed by atoms with Crippen LogP contribution in [0.15, 0.2) is 24.3 Å². The molecule has 1 saturated heterocycles. The van der Waals surface area contributed by atoms with Crippen LogP contribution in [0.4, 0.5) is 4.39 Å². The van der Waals surface area contributed by atoms with Crippen molar-refractivity contribution >= 4 is 0 Å². The van der Waals surface area contributed by atoms with Gasteiger partial charge in [0.1, 0.15) is 11.4 Å². The van der Waals surface area contributed by atoms with E-state index in [1.54, 1.807) is 24.3 Å². The number of nitrogens with one attached hydrogen (secondary N) is 1. The molecule has 2 N–H and O–H groups in total. The number of phenolic OH excluding ortho intramolecular Hbond substituents is 1. The van der Waals surface area contributed by atoms with Crippen LogP contribution < -0.4 is 5.32 Å². The van der Waals surface area contributed by atoms with Gasteiger partial charge in [-0.3, -0.25) is 0 Å². The lowest BCUT2D eigenvalue weighted by Crippen LogP contribution is -2.40. The van der Waals surface area contributed by atoms with Crippen LogP contribution in [0.25, 0.3) is 0 Å². The molecule has 1 heterocycles. The Morgan fingerprint density at radius 2 is 1.80 bits per heavy atom. The molecule has 0 bridgehead atoms. The molecular formula is C12H16FNO. The fourth-order valence-corrected chi connectivity index (χ4v) is 2.03. The molecule has 1 aliphatic rings. The zero-order valence-electron chi connectivity index (χ0n) is 8.67. The molecule has 0 atom stereocenters. The number of aromatic hydroxyl groups is 1. The Morgan fingerprint density at radius 1 is 1.20 bits per heavy atom. The molecule has 2 nitrogen and oxygen atoms in total. The predicted octanol–water partition coefficient (Wildman–Crippen LogP) is 2.03. The van der Waals surface area contributed by atoms with Gasteiger partial charge in [-0.15, -0.1) is 0 Å². The van der Waals surface area contributed by atoms with Crippen molar-refractivity contribution in [1.29, 1.82) is 0 Å². The van der Waals surface area contributed by atoms with E-state index in [4.69, 9.17) is 5.11 Å². The molecular weight excluding hydrogens is 193 g/mol. The predicted molar refractivity (Wildman–Crippen MR) is 57.8 cm³/mol. The van der Waals surface area contributed by atoms with Gasteiger partial charge in [0.25, 0.3) is 0 Å². The van der Waals surface area contributed by atoms with E-state index in [-0.39, 0.29) is 5.75 Å². The number of piperidine rings is 1. The second-order valence-electron chi connectivity index (χ2n) is 4.24. The fraction of sp³-hybridized carbons (Fsp3) is 0.500. The van der Waals surface area contributed by atoms with Gasteiger partial charge in [-0.2, -0.15) is 0 Å². The lowest BCUT2D eigenvalue weighted by Gasteiger charge is -2.30. The first-order valence-corrected chi connectivity index (χ1v) is 5.36. The number of alkyl halides is 1. The van der Waals surface area contributed by atoms with Crippen molar-refractivity contribution in [3.63, 3.8) is 0 Å². The Balaban J connectivity index is 2.03. The molecule has 0 unspecified atom stereocenters. The SMILES string of the molecule is Oc1ccc(CC2(F)CCNCC2)cc1. The van der Waals surface area contributed by atoms with Gasteiger partial charge < -0.3 is 10.4 Å². The number of hydrogen-bond donors (Lipinski definition) is 2. The lowest BCUT2D eigenvalue weighted by molar-refractivity contribution is 0.116. The summed E-state index contributed by atoms with van der Waals surface area (Å²) in [7, 11) is 0. The summed E-state index contributed by atoms with van der Waals surface area (Å²) in [6, 6.07) is 6.80. The molecule has 3 heteroatoms. The summed E-state index contributed by atoms with van der Waals surface area (Å²) in [5.41, 5.74) is -0.111. The number of benzene rings is 1. The first-order valence-electron chi connectivity index (χ1n) is 5.36. The van der Waals surface area contributed by atoms with Gasteiger partial charge in [0.15, 0.2) is 0 Å². The normalized spacial score (nSPS) is 20.1. The third-order valence-electron chi connectivity index (χ3n) is 2.96. The molecule has 0 radical (unpaired) electrons. The van der Waals surface area contributed by atoms with Crippen LogP contribution >= 0.6 is 0 Å². The largest absolute Gasteiger partial charge is 0.508 e. The van der Waals surface area contributed by atoms with E-state index in [0.29, 0.717) is 19.3 Å². The molecule has 15 heavy (non-hydrogen) atoms. The topological polar surface area (TPSA) is 32.3 Å². The van der Waals surface area contributed by atoms with Crippen molar-refractivity contribution < 1.29 is 9.50 Å². The summed E-state index contributed by atoms with van der Waals surface area (Å²) in [5.74, 6) is 0.233. The van der Waals surface area contributed by atoms with Gasteiger partial charge in [0, 0.05) is 6.42 Å². The maximum atomic E-state index is 14.3. The molecule has 1 aliphatic heterocycles. The molecule has 0 saturated carbocycles. The van der Waals surface area contributed by atoms with Crippen molar-refractivity contribution in [3.05, 3.63) is 29.8 Å². The second kappa shape index (κ2) is 4.19. The minimum absolute atomic E-state index is 0.233. The first-order chi connectivity index (χ1) is 7.18. The van der Waals surface area contributed by atoms with Gasteiger partial charge in [-0.1, -0.05) is 12.1 Å². The van der Waals surface area contributed by atoms with Gasteiger partial charge in [-0.05, 0) is 43.6 Å². The summed E-state index contributed by atoms with van der Waals surface area (Å²) >= 11 is 0. The zero-order chi connectivity index (χ0) is 10.7. The summed E-state index contributed by atoms with van der Waals surface area (Å²) < 4.78 is 14.3. The quantitative estimate of drug-likeness (QED) is 0.781. The highest BCUT2D eigenvalue weighted by Crippen LogP contribution is 2.28. The number of halogens is 1. The van der Waals surface area contributed by atoms with Gasteiger partial charge in [0.2, 0.25) is 0 Å². The van der Waals surface area contributed by atoms with E-state index in [0.717, 1.165) is 18.7 Å². The minimum Gasteiger partial charge on any atom is -0.508 e. The lowest BCUT2D eigenvalue weighted by atomic mass is 9.88. The van der Waals surface area contributed by atoms with Crippen LogP contribution in [0, 0.1) is 0 Å². The maximum Gasteiger partial charge on any atom is 0.117 e. The molecule has 1 fully saturated rings. The summed E-state index contributed by atoms with van der Waals surface area (Å²) in [4.78, 5) is 0. The highest BCUT2D eigenvalue weighted by Gasteiger charge is 2.31. The third-order valence-corrected chi connectivity index (χ3v) is 2.96. The van der Waals surface area contributed by atoms with Crippen LogP contribution in [0.1, 0.15) is 18.4 Å². The summed E-state index contributed by atoms with van der Waals surface area (Å²) in [6.45, 7) is 1.52. The van der Waals surface area contributed by atoms with Gasteiger partial charge >= 0.3 is 0 Å². The molecule has 0 aliphatic carbocycles. The van der Waals surface area contributed by atoms with Crippen LogP contribution in [0.3, 0.4) is 0 Å². The Hall–Kier alpha value is -1.09. The fourth-order valence-electron chi connectivity index (χ4n) is 2.03. The van der Waals surface area contributed by atoms with Crippen LogP contribution in [0.5, 0.6) is 5.75 Å². The summed E-state index contributed by atoms with van der Waals surface area (Å²) in [5, 5.41) is 12.3. The zero-order valence-corrected chi connectivity index (χ0v) is 8.67. The second-order valence-corrected chi connectivity index (χ2v) is 4.24. The molecule has 1 aromatic carbocycles. The monoisotopic (exact) mass is 209 g/mol. The van der Waals surface area contributed by atoms with E-state index in [2.05, 4.69) is 5.32 Å². The number of rotatable bonds is 2. The molecule has 1 aromatic rings. The Labute approximate surface area is 89.1 Å². The number of phenols is 1. The van der Waals surface area contributed by atoms with E-state index in [9.17, 15) is 4.39 Å². The van der Waals surface area contributed by atoms with Crippen molar-refractivity contribution in [3.8, 4) is 5.75 Å². The van der Waals surface area contributed by atoms with E-state index >= 15 is 0 Å². The highest BCUT2D eigenvalue weighted by atomic mass is 19.1. The van der Waals surface area contributed by atoms with E-state index in [1.165, 1.54) is 0 Å². The molecule has 2 rings (SSSR count). The average molecular weight is 209 g/mol. The smallest absolute Gasteiger partial charge is 0.117 e. The van der Waals surface area contributed by atoms with E-state index in [1.807, 2.05) is 0 Å². The van der Waals surface area contributed by atoms with Crippen molar-refractivity contribution in [1.82, 2.24) is 5.32 Å². The third kappa shape index (κ3) is 2.69. The first kappa shape index (κ1) is 10.4. The minimum atomic E-state index is -1.07. The van der Waals surface area contributed by atoms with Crippen molar-refractivity contribution in [2.24, 2.45) is 0 Å². The van der Waals surface area contributed by atoms with Crippen molar-refractivity contribution in [2.75, 3.05) is 13.1 Å². The maximum absolute atomic E-state index is 14.3. The summed E-state index contributed by atoms with van der Waals surface area (Å²) in [6.07, 6.45) is 1.61. The highest BCUT2D eigenvalue weighted by molar-refractivity contribution is 5.27. The van der Waals surface area contributed by atoms with Crippen LogP contribution in [-0.4, -0.2) is 23.9 Å². The Morgan fingerprint density at radius 3 is 2.40 bits per heavy atom. The molecule has 82 valence electrons. The van der Waals surface area contributed by atoms with E-state index < -0.39 is 5.67 Å².